The fourth-order valence-electron chi connectivity index (χ4n) is 2.85. The summed E-state index contributed by atoms with van der Waals surface area (Å²) in [6.45, 7) is 2.06. The first-order valence-corrected chi connectivity index (χ1v) is 8.43. The normalized spacial score (nSPS) is 15.0. The molecule has 2 heterocycles. The predicted octanol–water partition coefficient (Wildman–Crippen LogP) is 2.93. The van der Waals surface area contributed by atoms with Crippen LogP contribution in [0.4, 0.5) is 0 Å². The highest BCUT2D eigenvalue weighted by Gasteiger charge is 2.25. The Morgan fingerprint density at radius 3 is 2.40 bits per heavy atom. The van der Waals surface area contributed by atoms with Crippen molar-refractivity contribution in [2.24, 2.45) is 0 Å². The van der Waals surface area contributed by atoms with Crippen LogP contribution >= 0.6 is 11.6 Å². The summed E-state index contributed by atoms with van der Waals surface area (Å²) in [4.78, 5) is 28.6. The molecule has 1 aliphatic rings. The standard InChI is InChI=1S/C18H19ClN2O4/c1-24-13-5-6-14(15(19)12-13)17(22)20-7-3-8-21(10-9-20)18(23)16-4-2-11-25-16/h2,4-6,11-12H,3,7-10H2,1H3. The second-order valence-electron chi connectivity index (χ2n) is 5.76. The molecule has 132 valence electrons. The molecule has 6 nitrogen and oxygen atoms in total. The first-order chi connectivity index (χ1) is 12.1. The molecule has 0 unspecified atom stereocenters. The van der Waals surface area contributed by atoms with Crippen LogP contribution in [0.15, 0.2) is 41.0 Å². The van der Waals surface area contributed by atoms with Gasteiger partial charge in [-0.1, -0.05) is 11.6 Å². The molecule has 2 aromatic rings. The summed E-state index contributed by atoms with van der Waals surface area (Å²) >= 11 is 6.21. The van der Waals surface area contributed by atoms with Gasteiger partial charge in [-0.3, -0.25) is 9.59 Å². The zero-order chi connectivity index (χ0) is 17.8. The molecule has 0 N–H and O–H groups in total. The van der Waals surface area contributed by atoms with Crippen LogP contribution < -0.4 is 4.74 Å². The lowest BCUT2D eigenvalue weighted by Crippen LogP contribution is -2.37. The van der Waals surface area contributed by atoms with Gasteiger partial charge in [0.2, 0.25) is 0 Å². The summed E-state index contributed by atoms with van der Waals surface area (Å²) < 4.78 is 10.3. The highest BCUT2D eigenvalue weighted by molar-refractivity contribution is 6.34. The Morgan fingerprint density at radius 2 is 1.80 bits per heavy atom. The smallest absolute Gasteiger partial charge is 0.289 e. The highest BCUT2D eigenvalue weighted by atomic mass is 35.5. The molecule has 0 aliphatic carbocycles. The number of carbonyl (C=O) groups excluding carboxylic acids is 2. The SMILES string of the molecule is COc1ccc(C(=O)N2CCCN(C(=O)c3ccco3)CC2)c(Cl)c1. The number of amides is 2. The summed E-state index contributed by atoms with van der Waals surface area (Å²) in [5.41, 5.74) is 0.438. The Labute approximate surface area is 150 Å². The van der Waals surface area contributed by atoms with Gasteiger partial charge in [0.05, 0.1) is 24.0 Å². The fraction of sp³-hybridized carbons (Fsp3) is 0.333. The first kappa shape index (κ1) is 17.4. The van der Waals surface area contributed by atoms with Crippen molar-refractivity contribution >= 4 is 23.4 Å². The number of carbonyl (C=O) groups is 2. The van der Waals surface area contributed by atoms with Crippen molar-refractivity contribution < 1.29 is 18.7 Å². The largest absolute Gasteiger partial charge is 0.497 e. The van der Waals surface area contributed by atoms with E-state index >= 15 is 0 Å². The van der Waals surface area contributed by atoms with Crippen molar-refractivity contribution in [3.63, 3.8) is 0 Å². The van der Waals surface area contributed by atoms with Crippen LogP contribution in [0.2, 0.25) is 5.02 Å². The molecule has 2 amide bonds. The Kier molecular flexibility index (Phi) is 5.28. The average Bonchev–Trinajstić information content (AvgIpc) is 3.05. The first-order valence-electron chi connectivity index (χ1n) is 8.05. The Bertz CT molecular complexity index is 760. The quantitative estimate of drug-likeness (QED) is 0.842. The van der Waals surface area contributed by atoms with Gasteiger partial charge in [-0.05, 0) is 36.8 Å². The van der Waals surface area contributed by atoms with Gasteiger partial charge in [0.1, 0.15) is 5.75 Å². The number of hydrogen-bond acceptors (Lipinski definition) is 4. The number of ether oxygens (including phenoxy) is 1. The summed E-state index contributed by atoms with van der Waals surface area (Å²) in [6, 6.07) is 8.34. The minimum absolute atomic E-state index is 0.139. The van der Waals surface area contributed by atoms with E-state index in [0.717, 1.165) is 0 Å². The number of halogens is 1. The topological polar surface area (TPSA) is 63.0 Å². The lowest BCUT2D eigenvalue weighted by Gasteiger charge is -2.22. The lowest BCUT2D eigenvalue weighted by molar-refractivity contribution is 0.0700. The number of nitrogens with zero attached hydrogens (tertiary/aromatic N) is 2. The Morgan fingerprint density at radius 1 is 1.08 bits per heavy atom. The summed E-state index contributed by atoms with van der Waals surface area (Å²) in [7, 11) is 1.55. The highest BCUT2D eigenvalue weighted by Crippen LogP contribution is 2.24. The van der Waals surface area contributed by atoms with E-state index in [2.05, 4.69) is 0 Å². The molecular weight excluding hydrogens is 344 g/mol. The number of furan rings is 1. The van der Waals surface area contributed by atoms with Crippen molar-refractivity contribution in [3.05, 3.63) is 52.9 Å². The zero-order valence-electron chi connectivity index (χ0n) is 13.9. The summed E-state index contributed by atoms with van der Waals surface area (Å²) in [5, 5.41) is 0.358. The van der Waals surface area contributed by atoms with Gasteiger partial charge in [-0.15, -0.1) is 0 Å². The van der Waals surface area contributed by atoms with Gasteiger partial charge in [-0.2, -0.15) is 0 Å². The molecule has 1 aromatic carbocycles. The molecule has 0 saturated carbocycles. The maximum atomic E-state index is 12.8. The van der Waals surface area contributed by atoms with Crippen LogP contribution in [0.3, 0.4) is 0 Å². The predicted molar refractivity (Wildman–Crippen MR) is 93.1 cm³/mol. The second-order valence-corrected chi connectivity index (χ2v) is 6.17. The van der Waals surface area contributed by atoms with Crippen molar-refractivity contribution in [3.8, 4) is 5.75 Å². The molecule has 0 radical (unpaired) electrons. The third kappa shape index (κ3) is 3.79. The van der Waals surface area contributed by atoms with Crippen molar-refractivity contribution in [1.29, 1.82) is 0 Å². The number of methoxy groups -OCH3 is 1. The molecule has 7 heteroatoms. The minimum Gasteiger partial charge on any atom is -0.497 e. The third-order valence-corrected chi connectivity index (χ3v) is 4.52. The van der Waals surface area contributed by atoms with Crippen molar-refractivity contribution in [2.45, 2.75) is 6.42 Å². The molecule has 1 aromatic heterocycles. The molecule has 0 bridgehead atoms. The molecule has 3 rings (SSSR count). The van der Waals surface area contributed by atoms with E-state index in [9.17, 15) is 9.59 Å². The van der Waals surface area contributed by atoms with E-state index in [1.54, 1.807) is 47.2 Å². The van der Waals surface area contributed by atoms with Crippen LogP contribution in [0.1, 0.15) is 27.3 Å². The zero-order valence-corrected chi connectivity index (χ0v) is 14.7. The number of rotatable bonds is 3. The van der Waals surface area contributed by atoms with Crippen LogP contribution in [-0.4, -0.2) is 54.9 Å². The monoisotopic (exact) mass is 362 g/mol. The van der Waals surface area contributed by atoms with Gasteiger partial charge in [0.15, 0.2) is 5.76 Å². The Hall–Kier alpha value is -2.47. The molecule has 25 heavy (non-hydrogen) atoms. The number of benzene rings is 1. The summed E-state index contributed by atoms with van der Waals surface area (Å²) in [6.07, 6.45) is 2.18. The minimum atomic E-state index is -0.151. The van der Waals surface area contributed by atoms with Crippen LogP contribution in [-0.2, 0) is 0 Å². The molecule has 0 spiro atoms. The molecular formula is C18H19ClN2O4. The van der Waals surface area contributed by atoms with E-state index in [-0.39, 0.29) is 11.8 Å². The van der Waals surface area contributed by atoms with E-state index in [1.165, 1.54) is 6.26 Å². The second kappa shape index (κ2) is 7.61. The van der Waals surface area contributed by atoms with E-state index in [4.69, 9.17) is 20.8 Å². The fourth-order valence-corrected chi connectivity index (χ4v) is 3.10. The molecule has 1 aliphatic heterocycles. The van der Waals surface area contributed by atoms with Gasteiger partial charge in [-0.25, -0.2) is 0 Å². The molecule has 0 atom stereocenters. The van der Waals surface area contributed by atoms with E-state index < -0.39 is 0 Å². The van der Waals surface area contributed by atoms with Crippen LogP contribution in [0, 0.1) is 0 Å². The van der Waals surface area contributed by atoms with E-state index in [1.807, 2.05) is 0 Å². The van der Waals surface area contributed by atoms with Crippen molar-refractivity contribution in [1.82, 2.24) is 9.80 Å². The number of hydrogen-bond donors (Lipinski definition) is 0. The van der Waals surface area contributed by atoms with Crippen LogP contribution in [0.5, 0.6) is 5.75 Å². The lowest BCUT2D eigenvalue weighted by atomic mass is 10.2. The van der Waals surface area contributed by atoms with Gasteiger partial charge < -0.3 is 19.0 Å². The van der Waals surface area contributed by atoms with Gasteiger partial charge >= 0.3 is 0 Å². The Balaban J connectivity index is 1.68. The van der Waals surface area contributed by atoms with E-state index in [0.29, 0.717) is 54.7 Å². The average molecular weight is 363 g/mol. The molecule has 1 fully saturated rings. The maximum absolute atomic E-state index is 12.8. The van der Waals surface area contributed by atoms with Crippen molar-refractivity contribution in [2.75, 3.05) is 33.3 Å². The summed E-state index contributed by atoms with van der Waals surface area (Å²) in [5.74, 6) is 0.632. The van der Waals surface area contributed by atoms with Gasteiger partial charge in [0.25, 0.3) is 11.8 Å². The third-order valence-electron chi connectivity index (χ3n) is 4.21. The van der Waals surface area contributed by atoms with Gasteiger partial charge in [0, 0.05) is 26.2 Å². The molecule has 1 saturated heterocycles. The maximum Gasteiger partial charge on any atom is 0.289 e. The van der Waals surface area contributed by atoms with Crippen LogP contribution in [0.25, 0.3) is 0 Å².